The van der Waals surface area contributed by atoms with E-state index in [1.807, 2.05) is 0 Å². The standard InChI is InChI=1S/C11H7F2NO2/c1-6(16)9-3-10(11(12)13)8(5-15)2-7(9)4-14/h2-3,5,11H,1H3. The monoisotopic (exact) mass is 223 g/mol. The first-order valence-electron chi connectivity index (χ1n) is 4.33. The maximum Gasteiger partial charge on any atom is 0.264 e. The summed E-state index contributed by atoms with van der Waals surface area (Å²) in [5.74, 6) is -0.490. The van der Waals surface area contributed by atoms with Gasteiger partial charge >= 0.3 is 0 Å². The average Bonchev–Trinajstić information content (AvgIpc) is 2.26. The predicted octanol–water partition coefficient (Wildman–Crippen LogP) is 2.51. The molecular formula is C11H7F2NO2. The van der Waals surface area contributed by atoms with Crippen LogP contribution in [0.15, 0.2) is 12.1 Å². The lowest BCUT2D eigenvalue weighted by Gasteiger charge is -2.07. The highest BCUT2D eigenvalue weighted by molar-refractivity contribution is 5.97. The van der Waals surface area contributed by atoms with E-state index in [4.69, 9.17) is 5.26 Å². The van der Waals surface area contributed by atoms with E-state index < -0.39 is 17.8 Å². The van der Waals surface area contributed by atoms with Crippen LogP contribution in [0.4, 0.5) is 8.78 Å². The molecule has 0 aliphatic rings. The molecule has 0 bridgehead atoms. The number of carbonyl (C=O) groups is 2. The van der Waals surface area contributed by atoms with E-state index in [0.717, 1.165) is 12.1 Å². The van der Waals surface area contributed by atoms with Gasteiger partial charge in [-0.15, -0.1) is 0 Å². The Morgan fingerprint density at radius 2 is 2.12 bits per heavy atom. The summed E-state index contributed by atoms with van der Waals surface area (Å²) in [6.07, 6.45) is -2.61. The van der Waals surface area contributed by atoms with Gasteiger partial charge < -0.3 is 0 Å². The second-order valence-electron chi connectivity index (χ2n) is 3.11. The van der Waals surface area contributed by atoms with Gasteiger partial charge in [0.05, 0.1) is 11.6 Å². The third kappa shape index (κ3) is 2.11. The van der Waals surface area contributed by atoms with Crippen LogP contribution in [0, 0.1) is 11.3 Å². The van der Waals surface area contributed by atoms with Crippen molar-refractivity contribution in [2.75, 3.05) is 0 Å². The van der Waals surface area contributed by atoms with Crippen LogP contribution in [0.2, 0.25) is 0 Å². The Balaban J connectivity index is 3.54. The van der Waals surface area contributed by atoms with Crippen molar-refractivity contribution in [3.63, 3.8) is 0 Å². The first-order valence-corrected chi connectivity index (χ1v) is 4.33. The van der Waals surface area contributed by atoms with Gasteiger partial charge in [-0.3, -0.25) is 9.59 Å². The number of alkyl halides is 2. The van der Waals surface area contributed by atoms with E-state index in [9.17, 15) is 18.4 Å². The molecule has 1 rings (SSSR count). The van der Waals surface area contributed by atoms with Gasteiger partial charge in [-0.2, -0.15) is 5.26 Å². The fourth-order valence-electron chi connectivity index (χ4n) is 1.31. The lowest BCUT2D eigenvalue weighted by atomic mass is 9.97. The Labute approximate surface area is 90.3 Å². The summed E-state index contributed by atoms with van der Waals surface area (Å²) < 4.78 is 25.1. The molecule has 1 aromatic carbocycles. The number of Topliss-reactive ketones (excluding diaryl/α,β-unsaturated/α-hetero) is 1. The Morgan fingerprint density at radius 1 is 1.50 bits per heavy atom. The molecule has 0 aromatic heterocycles. The van der Waals surface area contributed by atoms with Gasteiger partial charge in [0.1, 0.15) is 0 Å². The van der Waals surface area contributed by atoms with Crippen LogP contribution in [0.5, 0.6) is 0 Å². The minimum atomic E-state index is -2.86. The molecule has 3 nitrogen and oxygen atoms in total. The predicted molar refractivity (Wildman–Crippen MR) is 51.5 cm³/mol. The Kier molecular flexibility index (Phi) is 3.46. The molecule has 5 heteroatoms. The zero-order chi connectivity index (χ0) is 12.3. The smallest absolute Gasteiger partial charge is 0.264 e. The van der Waals surface area contributed by atoms with Crippen molar-refractivity contribution in [1.82, 2.24) is 0 Å². The molecule has 0 radical (unpaired) electrons. The molecule has 0 spiro atoms. The number of halogens is 2. The Morgan fingerprint density at radius 3 is 2.50 bits per heavy atom. The molecule has 0 saturated carbocycles. The third-order valence-electron chi connectivity index (χ3n) is 2.08. The summed E-state index contributed by atoms with van der Waals surface area (Å²) in [6.45, 7) is 1.17. The van der Waals surface area contributed by atoms with Crippen molar-refractivity contribution in [1.29, 1.82) is 5.26 Å². The number of ketones is 1. The summed E-state index contributed by atoms with van der Waals surface area (Å²) in [6, 6.07) is 3.60. The molecule has 0 fully saturated rings. The highest BCUT2D eigenvalue weighted by Crippen LogP contribution is 2.25. The van der Waals surface area contributed by atoms with Gasteiger partial charge in [-0.05, 0) is 19.1 Å². The SMILES string of the molecule is CC(=O)c1cc(C(F)F)c(C=O)cc1C#N. The summed E-state index contributed by atoms with van der Waals surface area (Å²) in [4.78, 5) is 21.7. The number of benzene rings is 1. The first kappa shape index (κ1) is 12.0. The average molecular weight is 223 g/mol. The zero-order valence-electron chi connectivity index (χ0n) is 8.33. The second-order valence-corrected chi connectivity index (χ2v) is 3.11. The van der Waals surface area contributed by atoms with E-state index in [-0.39, 0.29) is 23.0 Å². The molecule has 0 unspecified atom stereocenters. The third-order valence-corrected chi connectivity index (χ3v) is 2.08. The normalized spacial score (nSPS) is 9.94. The molecule has 0 atom stereocenters. The number of rotatable bonds is 3. The first-order chi connectivity index (χ1) is 7.51. The minimum absolute atomic E-state index is 0.0704. The van der Waals surface area contributed by atoms with E-state index in [1.54, 1.807) is 6.07 Å². The highest BCUT2D eigenvalue weighted by Gasteiger charge is 2.18. The van der Waals surface area contributed by atoms with Crippen molar-refractivity contribution in [3.8, 4) is 6.07 Å². The van der Waals surface area contributed by atoms with Gasteiger partial charge in [0, 0.05) is 16.7 Å². The van der Waals surface area contributed by atoms with Crippen LogP contribution in [0.1, 0.15) is 45.2 Å². The summed E-state index contributed by atoms with van der Waals surface area (Å²) in [5.41, 5.74) is -0.960. The summed E-state index contributed by atoms with van der Waals surface area (Å²) in [7, 11) is 0. The van der Waals surface area contributed by atoms with E-state index in [2.05, 4.69) is 0 Å². The van der Waals surface area contributed by atoms with Crippen LogP contribution < -0.4 is 0 Å². The molecule has 0 amide bonds. The largest absolute Gasteiger partial charge is 0.298 e. The van der Waals surface area contributed by atoms with Crippen LogP contribution in [0.3, 0.4) is 0 Å². The minimum Gasteiger partial charge on any atom is -0.298 e. The fourth-order valence-corrected chi connectivity index (χ4v) is 1.31. The van der Waals surface area contributed by atoms with Gasteiger partial charge in [0.25, 0.3) is 6.43 Å². The molecule has 0 aliphatic heterocycles. The molecule has 0 N–H and O–H groups in total. The summed E-state index contributed by atoms with van der Waals surface area (Å²) >= 11 is 0. The van der Waals surface area contributed by atoms with E-state index in [0.29, 0.717) is 0 Å². The lowest BCUT2D eigenvalue weighted by Crippen LogP contribution is -2.03. The van der Waals surface area contributed by atoms with Gasteiger partial charge in [0.2, 0.25) is 0 Å². The molecule has 1 aromatic rings. The number of nitriles is 1. The quantitative estimate of drug-likeness (QED) is 0.584. The topological polar surface area (TPSA) is 57.9 Å². The van der Waals surface area contributed by atoms with Crippen LogP contribution >= 0.6 is 0 Å². The molecule has 82 valence electrons. The van der Waals surface area contributed by atoms with Gasteiger partial charge in [-0.25, -0.2) is 8.78 Å². The number of aldehydes is 1. The van der Waals surface area contributed by atoms with E-state index in [1.165, 1.54) is 6.92 Å². The maximum atomic E-state index is 12.5. The number of nitrogens with zero attached hydrogens (tertiary/aromatic N) is 1. The van der Waals surface area contributed by atoms with Crippen molar-refractivity contribution >= 4 is 12.1 Å². The highest BCUT2D eigenvalue weighted by atomic mass is 19.3. The van der Waals surface area contributed by atoms with Gasteiger partial charge in [-0.1, -0.05) is 0 Å². The van der Waals surface area contributed by atoms with E-state index >= 15 is 0 Å². The number of hydrogen-bond acceptors (Lipinski definition) is 3. The molecule has 16 heavy (non-hydrogen) atoms. The Bertz CT molecular complexity index is 489. The van der Waals surface area contributed by atoms with Crippen molar-refractivity contribution in [2.45, 2.75) is 13.3 Å². The lowest BCUT2D eigenvalue weighted by molar-refractivity contribution is 0.101. The van der Waals surface area contributed by atoms with Gasteiger partial charge in [0.15, 0.2) is 12.1 Å². The summed E-state index contributed by atoms with van der Waals surface area (Å²) in [5, 5.41) is 8.71. The molecule has 0 saturated heterocycles. The number of carbonyl (C=O) groups excluding carboxylic acids is 2. The van der Waals surface area contributed by atoms with Crippen LogP contribution in [-0.4, -0.2) is 12.1 Å². The van der Waals surface area contributed by atoms with Crippen molar-refractivity contribution in [3.05, 3.63) is 34.4 Å². The molecule has 0 aliphatic carbocycles. The Hall–Kier alpha value is -2.09. The van der Waals surface area contributed by atoms with Crippen molar-refractivity contribution in [2.24, 2.45) is 0 Å². The van der Waals surface area contributed by atoms with Crippen LogP contribution in [0.25, 0.3) is 0 Å². The van der Waals surface area contributed by atoms with Crippen molar-refractivity contribution < 1.29 is 18.4 Å². The second kappa shape index (κ2) is 4.62. The molecular weight excluding hydrogens is 216 g/mol. The fraction of sp³-hybridized carbons (Fsp3) is 0.182. The zero-order valence-corrected chi connectivity index (χ0v) is 8.33. The molecule has 0 heterocycles. The van der Waals surface area contributed by atoms with Crippen LogP contribution in [-0.2, 0) is 0 Å². The number of hydrogen-bond donors (Lipinski definition) is 0. The maximum absolute atomic E-state index is 12.5.